The molecule has 0 spiro atoms. The van der Waals surface area contributed by atoms with Gasteiger partial charge in [0.2, 0.25) is 5.91 Å². The smallest absolute Gasteiger partial charge is 0.270 e. The summed E-state index contributed by atoms with van der Waals surface area (Å²) in [5, 5.41) is 0. The van der Waals surface area contributed by atoms with Gasteiger partial charge in [0.15, 0.2) is 0 Å². The summed E-state index contributed by atoms with van der Waals surface area (Å²) in [4.78, 5) is 29.3. The van der Waals surface area contributed by atoms with E-state index in [1.54, 1.807) is 23.2 Å². The highest BCUT2D eigenvalue weighted by Crippen LogP contribution is 2.29. The van der Waals surface area contributed by atoms with Crippen LogP contribution in [0, 0.1) is 6.92 Å². The molecule has 1 saturated heterocycles. The SMILES string of the molecule is CCCn1c(C(=O)N2CCN(C(C)=O)CC2)cc2sc(C)cc21. The number of rotatable bonds is 3. The second kappa shape index (κ2) is 6.35. The first-order valence-electron chi connectivity index (χ1n) is 8.15. The molecule has 124 valence electrons. The highest BCUT2D eigenvalue weighted by Gasteiger charge is 2.26. The number of hydrogen-bond donors (Lipinski definition) is 0. The zero-order valence-corrected chi connectivity index (χ0v) is 14.8. The highest BCUT2D eigenvalue weighted by atomic mass is 32.1. The number of carbonyl (C=O) groups excluding carboxylic acids is 2. The summed E-state index contributed by atoms with van der Waals surface area (Å²) in [5.74, 6) is 0.171. The van der Waals surface area contributed by atoms with Crippen molar-refractivity contribution in [2.75, 3.05) is 26.2 Å². The molecule has 3 heterocycles. The Balaban J connectivity index is 1.85. The van der Waals surface area contributed by atoms with E-state index in [0.29, 0.717) is 26.2 Å². The molecule has 0 aromatic carbocycles. The molecule has 1 aliphatic rings. The van der Waals surface area contributed by atoms with Gasteiger partial charge in [0.1, 0.15) is 5.69 Å². The van der Waals surface area contributed by atoms with Gasteiger partial charge in [0.25, 0.3) is 5.91 Å². The maximum atomic E-state index is 12.9. The number of amides is 2. The van der Waals surface area contributed by atoms with Crippen LogP contribution in [-0.4, -0.2) is 52.4 Å². The zero-order valence-electron chi connectivity index (χ0n) is 14.0. The van der Waals surface area contributed by atoms with Crippen LogP contribution < -0.4 is 0 Å². The molecule has 23 heavy (non-hydrogen) atoms. The Morgan fingerprint density at radius 1 is 1.13 bits per heavy atom. The Bertz CT molecular complexity index is 738. The van der Waals surface area contributed by atoms with Crippen molar-refractivity contribution in [1.29, 1.82) is 0 Å². The highest BCUT2D eigenvalue weighted by molar-refractivity contribution is 7.19. The Labute approximate surface area is 140 Å². The lowest BCUT2D eigenvalue weighted by Crippen LogP contribution is -2.50. The summed E-state index contributed by atoms with van der Waals surface area (Å²) in [6.07, 6.45) is 0.997. The van der Waals surface area contributed by atoms with E-state index in [0.717, 1.165) is 18.7 Å². The second-order valence-corrected chi connectivity index (χ2v) is 7.37. The van der Waals surface area contributed by atoms with Crippen molar-refractivity contribution in [1.82, 2.24) is 14.4 Å². The number of aryl methyl sites for hydroxylation is 2. The fourth-order valence-corrected chi connectivity index (χ4v) is 4.15. The molecule has 1 aliphatic heterocycles. The largest absolute Gasteiger partial charge is 0.339 e. The van der Waals surface area contributed by atoms with Gasteiger partial charge in [-0.25, -0.2) is 0 Å². The van der Waals surface area contributed by atoms with Crippen LogP contribution in [-0.2, 0) is 11.3 Å². The van der Waals surface area contributed by atoms with Gasteiger partial charge >= 0.3 is 0 Å². The van der Waals surface area contributed by atoms with Crippen molar-refractivity contribution < 1.29 is 9.59 Å². The summed E-state index contributed by atoms with van der Waals surface area (Å²) in [6, 6.07) is 4.20. The topological polar surface area (TPSA) is 45.6 Å². The fraction of sp³-hybridized carbons (Fsp3) is 0.529. The molecular formula is C17H23N3O2S. The molecule has 2 aromatic heterocycles. The van der Waals surface area contributed by atoms with E-state index in [4.69, 9.17) is 0 Å². The Morgan fingerprint density at radius 2 is 1.78 bits per heavy atom. The molecule has 0 aliphatic carbocycles. The van der Waals surface area contributed by atoms with E-state index in [1.807, 2.05) is 11.0 Å². The van der Waals surface area contributed by atoms with Crippen LogP contribution in [0.25, 0.3) is 10.2 Å². The van der Waals surface area contributed by atoms with E-state index >= 15 is 0 Å². The minimum Gasteiger partial charge on any atom is -0.339 e. The number of carbonyl (C=O) groups is 2. The third kappa shape index (κ3) is 3.00. The Kier molecular flexibility index (Phi) is 4.43. The third-order valence-electron chi connectivity index (χ3n) is 4.39. The zero-order chi connectivity index (χ0) is 16.6. The fourth-order valence-electron chi connectivity index (χ4n) is 3.19. The number of fused-ring (bicyclic) bond motifs is 1. The van der Waals surface area contributed by atoms with Gasteiger partial charge in [-0.15, -0.1) is 11.3 Å². The molecule has 0 N–H and O–H groups in total. The summed E-state index contributed by atoms with van der Waals surface area (Å²) in [7, 11) is 0. The molecule has 0 saturated carbocycles. The standard InChI is InChI=1S/C17H23N3O2S/c1-4-5-20-14-10-12(2)23-16(14)11-15(20)17(22)19-8-6-18(7-9-19)13(3)21/h10-11H,4-9H2,1-3H3. The van der Waals surface area contributed by atoms with Crippen LogP contribution in [0.15, 0.2) is 12.1 Å². The molecule has 0 atom stereocenters. The number of hydrogen-bond acceptors (Lipinski definition) is 3. The van der Waals surface area contributed by atoms with Gasteiger partial charge in [-0.3, -0.25) is 9.59 Å². The van der Waals surface area contributed by atoms with Gasteiger partial charge in [0.05, 0.1) is 10.2 Å². The summed E-state index contributed by atoms with van der Waals surface area (Å²) in [6.45, 7) is 9.15. The van der Waals surface area contributed by atoms with Gasteiger partial charge in [-0.1, -0.05) is 6.92 Å². The maximum absolute atomic E-state index is 12.9. The van der Waals surface area contributed by atoms with Crippen LogP contribution in [0.2, 0.25) is 0 Å². The van der Waals surface area contributed by atoms with Gasteiger partial charge in [-0.05, 0) is 25.5 Å². The maximum Gasteiger partial charge on any atom is 0.270 e. The molecule has 2 amide bonds. The Hall–Kier alpha value is -1.82. The molecule has 6 heteroatoms. The lowest BCUT2D eigenvalue weighted by atomic mass is 10.2. The molecule has 1 fully saturated rings. The molecule has 0 bridgehead atoms. The van der Waals surface area contributed by atoms with Gasteiger partial charge in [-0.2, -0.15) is 0 Å². The Morgan fingerprint density at radius 3 is 2.39 bits per heavy atom. The predicted molar refractivity (Wildman–Crippen MR) is 93.0 cm³/mol. The molecular weight excluding hydrogens is 310 g/mol. The normalized spacial score (nSPS) is 15.4. The monoisotopic (exact) mass is 333 g/mol. The minimum absolute atomic E-state index is 0.0856. The van der Waals surface area contributed by atoms with E-state index in [9.17, 15) is 9.59 Å². The second-order valence-electron chi connectivity index (χ2n) is 6.09. The average Bonchev–Trinajstić information content (AvgIpc) is 3.04. The van der Waals surface area contributed by atoms with Gasteiger partial charge in [0, 0.05) is 44.5 Å². The number of thiophene rings is 1. The lowest BCUT2D eigenvalue weighted by molar-refractivity contribution is -0.130. The number of aromatic nitrogens is 1. The lowest BCUT2D eigenvalue weighted by Gasteiger charge is -2.34. The molecule has 3 rings (SSSR count). The number of piperazine rings is 1. The van der Waals surface area contributed by atoms with Crippen molar-refractivity contribution in [3.05, 3.63) is 22.7 Å². The average molecular weight is 333 g/mol. The van der Waals surface area contributed by atoms with Crippen LogP contribution in [0.4, 0.5) is 0 Å². The van der Waals surface area contributed by atoms with Crippen LogP contribution in [0.1, 0.15) is 35.6 Å². The quantitative estimate of drug-likeness (QED) is 0.867. The first-order valence-corrected chi connectivity index (χ1v) is 8.97. The third-order valence-corrected chi connectivity index (χ3v) is 5.38. The van der Waals surface area contributed by atoms with E-state index < -0.39 is 0 Å². The van der Waals surface area contributed by atoms with Crippen molar-refractivity contribution in [2.45, 2.75) is 33.7 Å². The number of nitrogens with zero attached hydrogens (tertiary/aromatic N) is 3. The van der Waals surface area contributed by atoms with Crippen molar-refractivity contribution in [3.8, 4) is 0 Å². The molecule has 0 unspecified atom stereocenters. The first kappa shape index (κ1) is 16.1. The van der Waals surface area contributed by atoms with E-state index in [-0.39, 0.29) is 11.8 Å². The van der Waals surface area contributed by atoms with Crippen LogP contribution in [0.5, 0.6) is 0 Å². The minimum atomic E-state index is 0.0856. The van der Waals surface area contributed by atoms with Crippen molar-refractivity contribution >= 4 is 33.4 Å². The van der Waals surface area contributed by atoms with Crippen LogP contribution in [0.3, 0.4) is 0 Å². The summed E-state index contributed by atoms with van der Waals surface area (Å²) < 4.78 is 3.33. The summed E-state index contributed by atoms with van der Waals surface area (Å²) in [5.41, 5.74) is 1.95. The van der Waals surface area contributed by atoms with E-state index in [1.165, 1.54) is 15.1 Å². The summed E-state index contributed by atoms with van der Waals surface area (Å²) >= 11 is 1.74. The molecule has 2 aromatic rings. The predicted octanol–water partition coefficient (Wildman–Crippen LogP) is 2.73. The first-order chi connectivity index (χ1) is 11.0. The van der Waals surface area contributed by atoms with Gasteiger partial charge < -0.3 is 14.4 Å². The van der Waals surface area contributed by atoms with Crippen molar-refractivity contribution in [2.24, 2.45) is 0 Å². The van der Waals surface area contributed by atoms with E-state index in [2.05, 4.69) is 24.5 Å². The van der Waals surface area contributed by atoms with Crippen molar-refractivity contribution in [3.63, 3.8) is 0 Å². The van der Waals surface area contributed by atoms with Crippen LogP contribution >= 0.6 is 11.3 Å². The molecule has 5 nitrogen and oxygen atoms in total. The molecule has 0 radical (unpaired) electrons.